The molecule has 0 aliphatic rings. The standard InChI is InChI=1S/C22H24ClFN4O5/c1-13(29)10-28(11-21(30)31)5-6-33-20-8-15-18(9-19(20)32-2)25-12-26-22(15)27-14-3-4-17(24)16(23)7-14/h3-4,7-9,12-13,29H,5-6,10-11H2,1-2H3,(H,30,31)(H,25,26,27)/t13-/m0/s1. The van der Waals surface area contributed by atoms with Crippen molar-refractivity contribution in [1.29, 1.82) is 0 Å². The monoisotopic (exact) mass is 478 g/mol. The maximum Gasteiger partial charge on any atom is 0.317 e. The second-order valence-electron chi connectivity index (χ2n) is 7.32. The molecular weight excluding hydrogens is 455 g/mol. The van der Waals surface area contributed by atoms with E-state index in [-0.39, 0.29) is 31.3 Å². The first kappa shape index (κ1) is 24.4. The highest BCUT2D eigenvalue weighted by molar-refractivity contribution is 6.31. The fraction of sp³-hybridized carbons (Fsp3) is 0.318. The number of halogens is 2. The van der Waals surface area contributed by atoms with Crippen LogP contribution < -0.4 is 14.8 Å². The molecule has 0 saturated carbocycles. The lowest BCUT2D eigenvalue weighted by atomic mass is 10.2. The van der Waals surface area contributed by atoms with Gasteiger partial charge < -0.3 is 25.0 Å². The summed E-state index contributed by atoms with van der Waals surface area (Å²) in [4.78, 5) is 21.2. The number of nitrogens with one attached hydrogen (secondary N) is 1. The minimum Gasteiger partial charge on any atom is -0.493 e. The molecule has 0 aliphatic heterocycles. The number of carboxylic acids is 1. The summed E-state index contributed by atoms with van der Waals surface area (Å²) in [5.41, 5.74) is 1.13. The Morgan fingerprint density at radius 2 is 2.06 bits per heavy atom. The van der Waals surface area contributed by atoms with Crippen LogP contribution in [0.15, 0.2) is 36.7 Å². The van der Waals surface area contributed by atoms with Crippen LogP contribution in [0, 0.1) is 5.82 Å². The average Bonchev–Trinajstić information content (AvgIpc) is 2.75. The van der Waals surface area contributed by atoms with Crippen molar-refractivity contribution in [3.8, 4) is 11.5 Å². The van der Waals surface area contributed by atoms with E-state index in [4.69, 9.17) is 26.2 Å². The quantitative estimate of drug-likeness (QED) is 0.381. The zero-order valence-corrected chi connectivity index (χ0v) is 18.8. The topological polar surface area (TPSA) is 117 Å². The van der Waals surface area contributed by atoms with E-state index in [2.05, 4.69) is 15.3 Å². The zero-order chi connectivity index (χ0) is 24.0. The summed E-state index contributed by atoms with van der Waals surface area (Å²) in [5, 5.41) is 22.4. The van der Waals surface area contributed by atoms with Crippen molar-refractivity contribution in [2.24, 2.45) is 0 Å². The van der Waals surface area contributed by atoms with Crippen molar-refractivity contribution in [3.05, 3.63) is 47.5 Å². The summed E-state index contributed by atoms with van der Waals surface area (Å²) in [6, 6.07) is 7.64. The number of benzene rings is 2. The number of aliphatic hydroxyl groups is 1. The van der Waals surface area contributed by atoms with Crippen LogP contribution in [0.5, 0.6) is 11.5 Å². The van der Waals surface area contributed by atoms with Crippen LogP contribution in [0.25, 0.3) is 10.9 Å². The molecule has 0 unspecified atom stereocenters. The van der Waals surface area contributed by atoms with Crippen LogP contribution >= 0.6 is 11.6 Å². The van der Waals surface area contributed by atoms with Gasteiger partial charge in [-0.2, -0.15) is 0 Å². The van der Waals surface area contributed by atoms with Gasteiger partial charge >= 0.3 is 5.97 Å². The van der Waals surface area contributed by atoms with Crippen molar-refractivity contribution in [3.63, 3.8) is 0 Å². The third kappa shape index (κ3) is 6.64. The molecule has 9 nitrogen and oxygen atoms in total. The molecule has 1 atom stereocenters. The predicted molar refractivity (Wildman–Crippen MR) is 122 cm³/mol. The molecule has 3 N–H and O–H groups in total. The number of aliphatic carboxylic acids is 1. The third-order valence-electron chi connectivity index (χ3n) is 4.65. The highest BCUT2D eigenvalue weighted by Gasteiger charge is 2.15. The lowest BCUT2D eigenvalue weighted by molar-refractivity contribution is -0.138. The SMILES string of the molecule is COc1cc2ncnc(Nc3ccc(F)c(Cl)c3)c2cc1OCCN(CC(=O)O)C[C@H](C)O. The van der Waals surface area contributed by atoms with Crippen molar-refractivity contribution in [2.75, 3.05) is 38.7 Å². The Morgan fingerprint density at radius 3 is 2.73 bits per heavy atom. The summed E-state index contributed by atoms with van der Waals surface area (Å²) >= 11 is 5.87. The Labute approximate surface area is 194 Å². The molecule has 176 valence electrons. The minimum atomic E-state index is -0.993. The maximum atomic E-state index is 13.5. The Balaban J connectivity index is 1.83. The van der Waals surface area contributed by atoms with Gasteiger partial charge in [-0.25, -0.2) is 14.4 Å². The molecular formula is C22H24ClFN4O5. The third-order valence-corrected chi connectivity index (χ3v) is 4.94. The van der Waals surface area contributed by atoms with E-state index >= 15 is 0 Å². The van der Waals surface area contributed by atoms with Crippen LogP contribution in [0.3, 0.4) is 0 Å². The molecule has 0 spiro atoms. The van der Waals surface area contributed by atoms with Crippen LogP contribution in [0.2, 0.25) is 5.02 Å². The van der Waals surface area contributed by atoms with E-state index in [0.717, 1.165) is 0 Å². The minimum absolute atomic E-state index is 0.0211. The number of methoxy groups -OCH3 is 1. The Hall–Kier alpha value is -3.21. The van der Waals surface area contributed by atoms with Crippen LogP contribution in [0.4, 0.5) is 15.9 Å². The summed E-state index contributed by atoms with van der Waals surface area (Å²) in [6.45, 7) is 2.01. The number of hydrogen-bond acceptors (Lipinski definition) is 8. The summed E-state index contributed by atoms with van der Waals surface area (Å²) < 4.78 is 24.8. The predicted octanol–water partition coefficient (Wildman–Crippen LogP) is 3.32. The zero-order valence-electron chi connectivity index (χ0n) is 18.1. The number of aromatic nitrogens is 2. The van der Waals surface area contributed by atoms with E-state index in [1.54, 1.807) is 24.0 Å². The molecule has 0 amide bonds. The Kier molecular flexibility index (Phi) is 8.21. The van der Waals surface area contributed by atoms with Gasteiger partial charge in [-0.1, -0.05) is 11.6 Å². The first-order valence-electron chi connectivity index (χ1n) is 10.1. The van der Waals surface area contributed by atoms with Gasteiger partial charge in [-0.05, 0) is 31.2 Å². The number of carbonyl (C=O) groups is 1. The van der Waals surface area contributed by atoms with Gasteiger partial charge in [0.15, 0.2) is 11.5 Å². The molecule has 0 fully saturated rings. The molecule has 3 rings (SSSR count). The lowest BCUT2D eigenvalue weighted by Gasteiger charge is -2.22. The number of nitrogens with zero attached hydrogens (tertiary/aromatic N) is 3. The fourth-order valence-electron chi connectivity index (χ4n) is 3.23. The van der Waals surface area contributed by atoms with E-state index in [0.29, 0.717) is 33.9 Å². The first-order chi connectivity index (χ1) is 15.8. The lowest BCUT2D eigenvalue weighted by Crippen LogP contribution is -2.38. The van der Waals surface area contributed by atoms with Crippen LogP contribution in [-0.2, 0) is 4.79 Å². The number of carboxylic acid groups (broad SMARTS) is 1. The average molecular weight is 479 g/mol. The number of anilines is 2. The molecule has 0 bridgehead atoms. The molecule has 0 aliphatic carbocycles. The highest BCUT2D eigenvalue weighted by Crippen LogP contribution is 2.35. The van der Waals surface area contributed by atoms with Gasteiger partial charge in [0, 0.05) is 30.2 Å². The Bertz CT molecular complexity index is 1130. The van der Waals surface area contributed by atoms with Gasteiger partial charge in [-0.15, -0.1) is 0 Å². The number of aliphatic hydroxyl groups excluding tert-OH is 1. The molecule has 1 aromatic heterocycles. The van der Waals surface area contributed by atoms with Crippen LogP contribution in [-0.4, -0.2) is 70.5 Å². The molecule has 3 aromatic rings. The number of ether oxygens (including phenoxy) is 2. The van der Waals surface area contributed by atoms with Crippen molar-refractivity contribution < 1.29 is 28.9 Å². The summed E-state index contributed by atoms with van der Waals surface area (Å²) in [5.74, 6) is -0.211. The van der Waals surface area contributed by atoms with E-state index in [1.165, 1.54) is 31.6 Å². The largest absolute Gasteiger partial charge is 0.493 e. The molecule has 1 heterocycles. The number of fused-ring (bicyclic) bond motifs is 1. The van der Waals surface area contributed by atoms with E-state index < -0.39 is 17.9 Å². The van der Waals surface area contributed by atoms with Crippen molar-refractivity contribution in [2.45, 2.75) is 13.0 Å². The second-order valence-corrected chi connectivity index (χ2v) is 7.73. The normalized spacial score (nSPS) is 12.1. The van der Waals surface area contributed by atoms with Gasteiger partial charge in [-0.3, -0.25) is 9.69 Å². The van der Waals surface area contributed by atoms with Gasteiger partial charge in [0.05, 0.1) is 30.3 Å². The molecule has 33 heavy (non-hydrogen) atoms. The maximum absolute atomic E-state index is 13.5. The second kappa shape index (κ2) is 11.1. The number of rotatable bonds is 11. The van der Waals surface area contributed by atoms with Crippen LogP contribution in [0.1, 0.15) is 6.92 Å². The summed E-state index contributed by atoms with van der Waals surface area (Å²) in [6.07, 6.45) is 0.709. The van der Waals surface area contributed by atoms with E-state index in [9.17, 15) is 14.3 Å². The van der Waals surface area contributed by atoms with Gasteiger partial charge in [0.1, 0.15) is 24.6 Å². The molecule has 0 radical (unpaired) electrons. The molecule has 2 aromatic carbocycles. The van der Waals surface area contributed by atoms with Crippen molar-refractivity contribution in [1.82, 2.24) is 14.9 Å². The smallest absolute Gasteiger partial charge is 0.317 e. The van der Waals surface area contributed by atoms with E-state index in [1.807, 2.05) is 0 Å². The highest BCUT2D eigenvalue weighted by atomic mass is 35.5. The summed E-state index contributed by atoms with van der Waals surface area (Å²) in [7, 11) is 1.50. The molecule has 11 heteroatoms. The first-order valence-corrected chi connectivity index (χ1v) is 10.4. The Morgan fingerprint density at radius 1 is 1.27 bits per heavy atom. The fourth-order valence-corrected chi connectivity index (χ4v) is 3.41. The van der Waals surface area contributed by atoms with Gasteiger partial charge in [0.25, 0.3) is 0 Å². The molecule has 0 saturated heterocycles. The number of hydrogen-bond donors (Lipinski definition) is 3. The van der Waals surface area contributed by atoms with Crippen molar-refractivity contribution >= 4 is 40.0 Å². The van der Waals surface area contributed by atoms with Gasteiger partial charge in [0.2, 0.25) is 0 Å².